The Balaban J connectivity index is 2.72. The van der Waals surface area contributed by atoms with E-state index >= 15 is 0 Å². The standard InChI is InChI=1S/C10H18N4O2S/c1-4-11-8-12-9(16-3)14-10(13-8)17-6-7(2)5-15/h7,15H,4-6H2,1-3H3,(H,11,12,13,14). The van der Waals surface area contributed by atoms with E-state index in [2.05, 4.69) is 20.3 Å². The van der Waals surface area contributed by atoms with E-state index in [1.54, 1.807) is 0 Å². The average Bonchev–Trinajstić information content (AvgIpc) is 2.36. The predicted octanol–water partition coefficient (Wildman–Crippen LogP) is 1.03. The van der Waals surface area contributed by atoms with Crippen LogP contribution in [0.2, 0.25) is 0 Å². The number of anilines is 1. The van der Waals surface area contributed by atoms with Crippen molar-refractivity contribution >= 4 is 17.7 Å². The fourth-order valence-electron chi connectivity index (χ4n) is 1.00. The number of nitrogens with zero attached hydrogens (tertiary/aromatic N) is 3. The van der Waals surface area contributed by atoms with E-state index < -0.39 is 0 Å². The molecule has 0 amide bonds. The second-order valence-electron chi connectivity index (χ2n) is 3.56. The molecule has 1 aromatic rings. The summed E-state index contributed by atoms with van der Waals surface area (Å²) in [5.74, 6) is 1.48. The van der Waals surface area contributed by atoms with Gasteiger partial charge in [0.1, 0.15) is 0 Å². The van der Waals surface area contributed by atoms with Crippen molar-refractivity contribution in [2.45, 2.75) is 19.0 Å². The van der Waals surface area contributed by atoms with E-state index in [9.17, 15) is 0 Å². The molecule has 1 atom stereocenters. The molecule has 0 bridgehead atoms. The SMILES string of the molecule is CCNc1nc(OC)nc(SCC(C)CO)n1. The second-order valence-corrected chi connectivity index (χ2v) is 4.54. The minimum Gasteiger partial charge on any atom is -0.467 e. The van der Waals surface area contributed by atoms with Crippen LogP contribution >= 0.6 is 11.8 Å². The molecule has 0 saturated heterocycles. The molecule has 0 aromatic carbocycles. The number of hydrogen-bond donors (Lipinski definition) is 2. The topological polar surface area (TPSA) is 80.2 Å². The molecule has 0 aliphatic heterocycles. The van der Waals surface area contributed by atoms with E-state index in [1.165, 1.54) is 18.9 Å². The van der Waals surface area contributed by atoms with Crippen LogP contribution in [0, 0.1) is 5.92 Å². The predicted molar refractivity (Wildman–Crippen MR) is 67.5 cm³/mol. The first-order chi connectivity index (χ1) is 8.19. The van der Waals surface area contributed by atoms with Crippen LogP contribution in [0.5, 0.6) is 6.01 Å². The Morgan fingerprint density at radius 2 is 2.18 bits per heavy atom. The molecule has 1 aromatic heterocycles. The molecule has 6 nitrogen and oxygen atoms in total. The van der Waals surface area contributed by atoms with E-state index in [0.29, 0.717) is 17.1 Å². The number of nitrogens with one attached hydrogen (secondary N) is 1. The zero-order valence-corrected chi connectivity index (χ0v) is 11.1. The first kappa shape index (κ1) is 14.0. The minimum atomic E-state index is 0.162. The van der Waals surface area contributed by atoms with Gasteiger partial charge in [0.05, 0.1) is 7.11 Å². The minimum absolute atomic E-state index is 0.162. The summed E-state index contributed by atoms with van der Waals surface area (Å²) in [6.45, 7) is 4.84. The van der Waals surface area contributed by atoms with Gasteiger partial charge in [0.2, 0.25) is 5.95 Å². The van der Waals surface area contributed by atoms with Crippen LogP contribution < -0.4 is 10.1 Å². The molecule has 0 aliphatic rings. The molecule has 0 spiro atoms. The van der Waals surface area contributed by atoms with Crippen molar-refractivity contribution < 1.29 is 9.84 Å². The summed E-state index contributed by atoms with van der Waals surface area (Å²) in [7, 11) is 1.52. The van der Waals surface area contributed by atoms with Crippen molar-refractivity contribution in [1.82, 2.24) is 15.0 Å². The lowest BCUT2D eigenvalue weighted by molar-refractivity contribution is 0.250. The Kier molecular flexibility index (Phi) is 5.99. The molecule has 96 valence electrons. The maximum absolute atomic E-state index is 8.95. The number of ether oxygens (including phenoxy) is 1. The molecule has 0 fully saturated rings. The quantitative estimate of drug-likeness (QED) is 0.707. The Labute approximate surface area is 105 Å². The van der Waals surface area contributed by atoms with Crippen LogP contribution in [0.3, 0.4) is 0 Å². The van der Waals surface area contributed by atoms with E-state index in [0.717, 1.165) is 12.3 Å². The molecule has 1 rings (SSSR count). The van der Waals surface area contributed by atoms with Gasteiger partial charge in [0.15, 0.2) is 5.16 Å². The van der Waals surface area contributed by atoms with Gasteiger partial charge in [0.25, 0.3) is 0 Å². The Morgan fingerprint density at radius 3 is 2.76 bits per heavy atom. The van der Waals surface area contributed by atoms with Gasteiger partial charge in [0, 0.05) is 18.9 Å². The van der Waals surface area contributed by atoms with E-state index in [-0.39, 0.29) is 12.5 Å². The van der Waals surface area contributed by atoms with Crippen molar-refractivity contribution in [3.63, 3.8) is 0 Å². The number of aromatic nitrogens is 3. The number of thioether (sulfide) groups is 1. The van der Waals surface area contributed by atoms with Gasteiger partial charge in [-0.05, 0) is 12.8 Å². The molecule has 0 aliphatic carbocycles. The summed E-state index contributed by atoms with van der Waals surface area (Å²) in [5, 5.41) is 12.6. The third-order valence-corrected chi connectivity index (χ3v) is 3.10. The van der Waals surface area contributed by atoms with Crippen LogP contribution in [-0.4, -0.2) is 46.1 Å². The zero-order valence-electron chi connectivity index (χ0n) is 10.3. The fourth-order valence-corrected chi connectivity index (χ4v) is 1.83. The van der Waals surface area contributed by atoms with Gasteiger partial charge in [-0.25, -0.2) is 0 Å². The van der Waals surface area contributed by atoms with Gasteiger partial charge in [-0.3, -0.25) is 0 Å². The number of aliphatic hydroxyl groups is 1. The maximum Gasteiger partial charge on any atom is 0.321 e. The first-order valence-electron chi connectivity index (χ1n) is 5.47. The largest absolute Gasteiger partial charge is 0.467 e. The molecule has 1 unspecified atom stereocenters. The monoisotopic (exact) mass is 258 g/mol. The number of methoxy groups -OCH3 is 1. The van der Waals surface area contributed by atoms with Crippen molar-refractivity contribution in [1.29, 1.82) is 0 Å². The normalized spacial score (nSPS) is 12.2. The lowest BCUT2D eigenvalue weighted by atomic mass is 10.2. The molecule has 17 heavy (non-hydrogen) atoms. The van der Waals surface area contributed by atoms with Gasteiger partial charge in [-0.15, -0.1) is 0 Å². The lowest BCUT2D eigenvalue weighted by Gasteiger charge is -2.08. The van der Waals surface area contributed by atoms with Crippen molar-refractivity contribution in [3.05, 3.63) is 0 Å². The number of aliphatic hydroxyl groups excluding tert-OH is 1. The number of rotatable bonds is 7. The molecule has 7 heteroatoms. The van der Waals surface area contributed by atoms with Crippen molar-refractivity contribution in [2.24, 2.45) is 5.92 Å². The first-order valence-corrected chi connectivity index (χ1v) is 6.45. The second kappa shape index (κ2) is 7.29. The molecule has 2 N–H and O–H groups in total. The van der Waals surface area contributed by atoms with Crippen LogP contribution in [0.1, 0.15) is 13.8 Å². The molecule has 0 saturated carbocycles. The van der Waals surface area contributed by atoms with Gasteiger partial charge in [-0.2, -0.15) is 15.0 Å². The van der Waals surface area contributed by atoms with E-state index in [1.807, 2.05) is 13.8 Å². The van der Waals surface area contributed by atoms with Gasteiger partial charge in [-0.1, -0.05) is 18.7 Å². The summed E-state index contributed by atoms with van der Waals surface area (Å²) in [4.78, 5) is 12.5. The van der Waals surface area contributed by atoms with Crippen molar-refractivity contribution in [2.75, 3.05) is 31.3 Å². The third-order valence-electron chi connectivity index (χ3n) is 1.92. The zero-order chi connectivity index (χ0) is 12.7. The summed E-state index contributed by atoms with van der Waals surface area (Å²) in [6.07, 6.45) is 0. The fraction of sp³-hybridized carbons (Fsp3) is 0.700. The van der Waals surface area contributed by atoms with Crippen LogP contribution in [0.25, 0.3) is 0 Å². The highest BCUT2D eigenvalue weighted by Crippen LogP contribution is 2.19. The van der Waals surface area contributed by atoms with Crippen LogP contribution in [-0.2, 0) is 0 Å². The molecular weight excluding hydrogens is 240 g/mol. The van der Waals surface area contributed by atoms with Gasteiger partial charge >= 0.3 is 6.01 Å². The van der Waals surface area contributed by atoms with Crippen LogP contribution in [0.15, 0.2) is 5.16 Å². The smallest absolute Gasteiger partial charge is 0.321 e. The Bertz CT molecular complexity index is 351. The number of hydrogen-bond acceptors (Lipinski definition) is 7. The average molecular weight is 258 g/mol. The summed E-state index contributed by atoms with van der Waals surface area (Å²) in [6, 6.07) is 0.301. The highest BCUT2D eigenvalue weighted by Gasteiger charge is 2.08. The lowest BCUT2D eigenvalue weighted by Crippen LogP contribution is -2.08. The maximum atomic E-state index is 8.95. The van der Waals surface area contributed by atoms with Gasteiger partial charge < -0.3 is 15.2 Å². The molecule has 0 radical (unpaired) electrons. The van der Waals surface area contributed by atoms with E-state index in [4.69, 9.17) is 9.84 Å². The molecule has 1 heterocycles. The highest BCUT2D eigenvalue weighted by molar-refractivity contribution is 7.99. The Hall–Kier alpha value is -1.08. The summed E-state index contributed by atoms with van der Waals surface area (Å²) in [5.41, 5.74) is 0. The summed E-state index contributed by atoms with van der Waals surface area (Å²) >= 11 is 1.48. The Morgan fingerprint density at radius 1 is 1.41 bits per heavy atom. The van der Waals surface area contributed by atoms with Crippen LogP contribution in [0.4, 0.5) is 5.95 Å². The third kappa shape index (κ3) is 4.74. The van der Waals surface area contributed by atoms with Crippen molar-refractivity contribution in [3.8, 4) is 6.01 Å². The molecular formula is C10H18N4O2S. The highest BCUT2D eigenvalue weighted by atomic mass is 32.2. The summed E-state index contributed by atoms with van der Waals surface area (Å²) < 4.78 is 5.01.